The molecule has 158 valence electrons. The van der Waals surface area contributed by atoms with E-state index in [2.05, 4.69) is 55.6 Å². The minimum Gasteiger partial charge on any atom is -0.497 e. The van der Waals surface area contributed by atoms with E-state index in [9.17, 15) is 4.79 Å². The Balaban J connectivity index is 1.64. The molecule has 4 rings (SSSR count). The minimum atomic E-state index is 0.150. The number of ether oxygens (including phenoxy) is 1. The number of rotatable bonds is 7. The molecule has 2 aliphatic rings. The number of nitrogens with one attached hydrogen (secondary N) is 1. The van der Waals surface area contributed by atoms with Crippen molar-refractivity contribution in [1.82, 2.24) is 4.90 Å². The van der Waals surface area contributed by atoms with E-state index >= 15 is 0 Å². The molecule has 4 heteroatoms. The molecule has 1 aliphatic carbocycles. The molecule has 4 nitrogen and oxygen atoms in total. The van der Waals surface area contributed by atoms with Gasteiger partial charge in [-0.3, -0.25) is 4.79 Å². The fourth-order valence-corrected chi connectivity index (χ4v) is 4.91. The summed E-state index contributed by atoms with van der Waals surface area (Å²) in [4.78, 5) is 15.1. The lowest BCUT2D eigenvalue weighted by atomic mass is 9.76. The maximum absolute atomic E-state index is 13.1. The summed E-state index contributed by atoms with van der Waals surface area (Å²) in [5, 5.41) is 3.76. The van der Waals surface area contributed by atoms with Gasteiger partial charge in [0.2, 0.25) is 0 Å². The van der Waals surface area contributed by atoms with Crippen molar-refractivity contribution >= 4 is 11.6 Å². The third-order valence-electron chi connectivity index (χ3n) is 6.36. The summed E-state index contributed by atoms with van der Waals surface area (Å²) in [5.74, 6) is 1.82. The summed E-state index contributed by atoms with van der Waals surface area (Å²) in [5.41, 5.74) is 4.46. The number of allylic oxidation sites excluding steroid dienone is 2. The molecule has 1 heterocycles. The van der Waals surface area contributed by atoms with E-state index in [4.69, 9.17) is 4.74 Å². The molecule has 3 atom stereocenters. The van der Waals surface area contributed by atoms with Crippen molar-refractivity contribution in [2.24, 2.45) is 5.92 Å². The van der Waals surface area contributed by atoms with Crippen molar-refractivity contribution in [2.75, 3.05) is 25.5 Å². The fraction of sp³-hybridized carbons (Fsp3) is 0.423. The SMILES string of the molecule is CCCN(CCC)C(=O)c1ccc2c(c1)C1C=CCC1C(c1ccc(OC)cc1)N2. The van der Waals surface area contributed by atoms with Crippen LogP contribution in [0.1, 0.15) is 66.6 Å². The second kappa shape index (κ2) is 8.95. The Kier molecular flexibility index (Phi) is 6.12. The zero-order valence-corrected chi connectivity index (χ0v) is 18.2. The highest BCUT2D eigenvalue weighted by atomic mass is 16.5. The van der Waals surface area contributed by atoms with Crippen molar-refractivity contribution in [3.8, 4) is 5.75 Å². The lowest BCUT2D eigenvalue weighted by Gasteiger charge is -2.38. The maximum atomic E-state index is 13.1. The molecule has 0 bridgehead atoms. The maximum Gasteiger partial charge on any atom is 0.253 e. The number of carbonyl (C=O) groups excluding carboxylic acids is 1. The summed E-state index contributed by atoms with van der Waals surface area (Å²) in [6.07, 6.45) is 7.62. The van der Waals surface area contributed by atoms with Gasteiger partial charge in [-0.1, -0.05) is 38.1 Å². The van der Waals surface area contributed by atoms with Crippen molar-refractivity contribution in [3.63, 3.8) is 0 Å². The highest BCUT2D eigenvalue weighted by Gasteiger charge is 2.38. The number of anilines is 1. The molecule has 1 N–H and O–H groups in total. The van der Waals surface area contributed by atoms with Crippen LogP contribution in [0, 0.1) is 5.92 Å². The Morgan fingerprint density at radius 1 is 1.10 bits per heavy atom. The van der Waals surface area contributed by atoms with Crippen LogP contribution in [0.25, 0.3) is 0 Å². The molecule has 2 aromatic rings. The van der Waals surface area contributed by atoms with Crippen molar-refractivity contribution in [1.29, 1.82) is 0 Å². The number of nitrogens with zero attached hydrogens (tertiary/aromatic N) is 1. The number of benzene rings is 2. The highest BCUT2D eigenvalue weighted by molar-refractivity contribution is 5.95. The Morgan fingerprint density at radius 2 is 1.83 bits per heavy atom. The molecule has 1 amide bonds. The normalized spacial score (nSPS) is 21.5. The topological polar surface area (TPSA) is 41.6 Å². The number of methoxy groups -OCH3 is 1. The number of carbonyl (C=O) groups is 1. The lowest BCUT2D eigenvalue weighted by Crippen LogP contribution is -2.33. The van der Waals surface area contributed by atoms with Gasteiger partial charge in [-0.05, 0) is 66.6 Å². The van der Waals surface area contributed by atoms with Crippen LogP contribution in [-0.2, 0) is 0 Å². The van der Waals surface area contributed by atoms with E-state index in [0.29, 0.717) is 11.8 Å². The first-order valence-corrected chi connectivity index (χ1v) is 11.2. The highest BCUT2D eigenvalue weighted by Crippen LogP contribution is 2.50. The molecule has 1 aliphatic heterocycles. The molecule has 30 heavy (non-hydrogen) atoms. The standard InChI is InChI=1S/C26H32N2O2/c1-4-15-28(16-5-2)26(29)19-11-14-24-23(17-19)21-7-6-8-22(21)25(27-24)18-9-12-20(30-3)13-10-18/h6-7,9-14,17,21-22,25,27H,4-5,8,15-16H2,1-3H3. The molecule has 0 aromatic heterocycles. The third-order valence-corrected chi connectivity index (χ3v) is 6.36. The van der Waals surface area contributed by atoms with Gasteiger partial charge in [0, 0.05) is 30.3 Å². The summed E-state index contributed by atoms with van der Waals surface area (Å²) < 4.78 is 5.32. The summed E-state index contributed by atoms with van der Waals surface area (Å²) in [6, 6.07) is 14.8. The Labute approximate surface area is 179 Å². The van der Waals surface area contributed by atoms with Crippen LogP contribution in [0.2, 0.25) is 0 Å². The average molecular weight is 405 g/mol. The van der Waals surface area contributed by atoms with Gasteiger partial charge in [-0.15, -0.1) is 0 Å². The number of amides is 1. The van der Waals surface area contributed by atoms with Crippen LogP contribution in [0.3, 0.4) is 0 Å². The van der Waals surface area contributed by atoms with Crippen LogP contribution in [-0.4, -0.2) is 31.0 Å². The van der Waals surface area contributed by atoms with E-state index in [1.54, 1.807) is 7.11 Å². The Morgan fingerprint density at radius 3 is 2.50 bits per heavy atom. The van der Waals surface area contributed by atoms with Crippen LogP contribution in [0.5, 0.6) is 5.75 Å². The van der Waals surface area contributed by atoms with Gasteiger partial charge in [-0.2, -0.15) is 0 Å². The predicted molar refractivity (Wildman–Crippen MR) is 122 cm³/mol. The zero-order valence-electron chi connectivity index (χ0n) is 18.2. The molecular weight excluding hydrogens is 372 g/mol. The Bertz CT molecular complexity index is 913. The lowest BCUT2D eigenvalue weighted by molar-refractivity contribution is 0.0755. The fourth-order valence-electron chi connectivity index (χ4n) is 4.91. The number of hydrogen-bond acceptors (Lipinski definition) is 3. The van der Waals surface area contributed by atoms with E-state index in [0.717, 1.165) is 49.4 Å². The quantitative estimate of drug-likeness (QED) is 0.595. The molecule has 3 unspecified atom stereocenters. The van der Waals surface area contributed by atoms with Crippen molar-refractivity contribution < 1.29 is 9.53 Å². The monoisotopic (exact) mass is 404 g/mol. The van der Waals surface area contributed by atoms with Gasteiger partial charge in [-0.25, -0.2) is 0 Å². The van der Waals surface area contributed by atoms with Gasteiger partial charge >= 0.3 is 0 Å². The Hall–Kier alpha value is -2.75. The van der Waals surface area contributed by atoms with Gasteiger partial charge in [0.15, 0.2) is 0 Å². The van der Waals surface area contributed by atoms with Crippen LogP contribution < -0.4 is 10.1 Å². The van der Waals surface area contributed by atoms with Gasteiger partial charge in [0.1, 0.15) is 5.75 Å². The first-order valence-electron chi connectivity index (χ1n) is 11.2. The number of hydrogen-bond donors (Lipinski definition) is 1. The zero-order chi connectivity index (χ0) is 21.1. The van der Waals surface area contributed by atoms with Gasteiger partial charge in [0.05, 0.1) is 13.2 Å². The molecule has 0 radical (unpaired) electrons. The average Bonchev–Trinajstić information content (AvgIpc) is 3.28. The van der Waals surface area contributed by atoms with Crippen LogP contribution >= 0.6 is 0 Å². The van der Waals surface area contributed by atoms with Gasteiger partial charge < -0.3 is 15.0 Å². The van der Waals surface area contributed by atoms with E-state index < -0.39 is 0 Å². The van der Waals surface area contributed by atoms with E-state index in [-0.39, 0.29) is 11.9 Å². The van der Waals surface area contributed by atoms with Gasteiger partial charge in [0.25, 0.3) is 5.91 Å². The first kappa shape index (κ1) is 20.5. The van der Waals surface area contributed by atoms with E-state index in [1.807, 2.05) is 23.1 Å². The molecule has 0 fully saturated rings. The summed E-state index contributed by atoms with van der Waals surface area (Å²) in [6.45, 7) is 5.88. The second-order valence-corrected chi connectivity index (χ2v) is 8.34. The summed E-state index contributed by atoms with van der Waals surface area (Å²) >= 11 is 0. The largest absolute Gasteiger partial charge is 0.497 e. The van der Waals surface area contributed by atoms with Crippen LogP contribution in [0.4, 0.5) is 5.69 Å². The predicted octanol–water partition coefficient (Wildman–Crippen LogP) is 5.78. The molecule has 0 saturated heterocycles. The second-order valence-electron chi connectivity index (χ2n) is 8.34. The number of fused-ring (bicyclic) bond motifs is 3. The summed E-state index contributed by atoms with van der Waals surface area (Å²) in [7, 11) is 1.70. The van der Waals surface area contributed by atoms with Crippen molar-refractivity contribution in [2.45, 2.75) is 45.1 Å². The van der Waals surface area contributed by atoms with Crippen molar-refractivity contribution in [3.05, 3.63) is 71.3 Å². The smallest absolute Gasteiger partial charge is 0.253 e. The molecule has 0 saturated carbocycles. The first-order chi connectivity index (χ1) is 14.7. The van der Waals surface area contributed by atoms with Crippen LogP contribution in [0.15, 0.2) is 54.6 Å². The molecule has 0 spiro atoms. The minimum absolute atomic E-state index is 0.150. The molecular formula is C26H32N2O2. The third kappa shape index (κ3) is 3.83. The molecule has 2 aromatic carbocycles. The van der Waals surface area contributed by atoms with E-state index in [1.165, 1.54) is 11.1 Å².